The Morgan fingerprint density at radius 3 is 2.35 bits per heavy atom. The predicted molar refractivity (Wildman–Crippen MR) is 90.2 cm³/mol. The van der Waals surface area contributed by atoms with E-state index in [2.05, 4.69) is 9.72 Å². The third kappa shape index (κ3) is 3.10. The SMILES string of the molecule is Nn1c(C2CC2)nc2ccc(-c3ccc(OC(F)(F)F)cc3)cc2c1=O. The van der Waals surface area contributed by atoms with Gasteiger partial charge in [0.1, 0.15) is 11.6 Å². The molecule has 1 aromatic heterocycles. The molecule has 8 heteroatoms. The van der Waals surface area contributed by atoms with E-state index in [1.165, 1.54) is 24.3 Å². The van der Waals surface area contributed by atoms with Crippen LogP contribution in [0.3, 0.4) is 0 Å². The van der Waals surface area contributed by atoms with E-state index in [1.807, 2.05) is 0 Å². The molecule has 1 heterocycles. The van der Waals surface area contributed by atoms with Crippen molar-refractivity contribution in [3.63, 3.8) is 0 Å². The van der Waals surface area contributed by atoms with E-state index < -0.39 is 6.36 Å². The van der Waals surface area contributed by atoms with Crippen LogP contribution < -0.4 is 16.1 Å². The number of ether oxygens (including phenoxy) is 1. The Hall–Kier alpha value is -3.03. The summed E-state index contributed by atoms with van der Waals surface area (Å²) in [5.41, 5.74) is 1.54. The molecule has 5 nitrogen and oxygen atoms in total. The van der Waals surface area contributed by atoms with Gasteiger partial charge in [0.05, 0.1) is 10.9 Å². The first-order chi connectivity index (χ1) is 12.3. The number of hydrogen-bond donors (Lipinski definition) is 1. The number of fused-ring (bicyclic) bond motifs is 1. The molecule has 0 radical (unpaired) electrons. The average Bonchev–Trinajstić information content (AvgIpc) is 3.42. The van der Waals surface area contributed by atoms with Gasteiger partial charge in [0.15, 0.2) is 0 Å². The van der Waals surface area contributed by atoms with Gasteiger partial charge in [-0.25, -0.2) is 9.66 Å². The van der Waals surface area contributed by atoms with Crippen LogP contribution in [0.25, 0.3) is 22.0 Å². The molecule has 1 fully saturated rings. The standard InChI is InChI=1S/C18H14F3N3O2/c19-18(20,21)26-13-6-3-10(4-7-13)12-5-8-15-14(9-12)17(25)24(22)16(23-15)11-1-2-11/h3-9,11H,1-2,22H2. The van der Waals surface area contributed by atoms with Gasteiger partial charge in [-0.1, -0.05) is 18.2 Å². The quantitative estimate of drug-likeness (QED) is 0.725. The summed E-state index contributed by atoms with van der Waals surface area (Å²) >= 11 is 0. The molecule has 1 aliphatic carbocycles. The van der Waals surface area contributed by atoms with Crippen molar-refractivity contribution in [3.8, 4) is 16.9 Å². The van der Waals surface area contributed by atoms with E-state index in [9.17, 15) is 18.0 Å². The Morgan fingerprint density at radius 1 is 1.08 bits per heavy atom. The molecule has 0 spiro atoms. The number of nitrogen functional groups attached to an aromatic ring is 1. The molecule has 0 saturated heterocycles. The Balaban J connectivity index is 1.72. The zero-order valence-electron chi connectivity index (χ0n) is 13.5. The lowest BCUT2D eigenvalue weighted by molar-refractivity contribution is -0.274. The number of alkyl halides is 3. The molecule has 134 valence electrons. The van der Waals surface area contributed by atoms with Crippen molar-refractivity contribution >= 4 is 10.9 Å². The van der Waals surface area contributed by atoms with Crippen LogP contribution in [0.2, 0.25) is 0 Å². The summed E-state index contributed by atoms with van der Waals surface area (Å²) in [6.07, 6.45) is -2.79. The van der Waals surface area contributed by atoms with Crippen LogP contribution in [-0.2, 0) is 0 Å². The summed E-state index contributed by atoms with van der Waals surface area (Å²) in [5.74, 6) is 6.39. The minimum absolute atomic E-state index is 0.234. The summed E-state index contributed by atoms with van der Waals surface area (Å²) in [5, 5.41) is 0.366. The van der Waals surface area contributed by atoms with Gasteiger partial charge in [0.25, 0.3) is 5.56 Å². The highest BCUT2D eigenvalue weighted by Gasteiger charge is 2.31. The summed E-state index contributed by atoms with van der Waals surface area (Å²) in [6.45, 7) is 0. The zero-order valence-corrected chi connectivity index (χ0v) is 13.5. The molecule has 0 amide bonds. The molecule has 26 heavy (non-hydrogen) atoms. The summed E-state index contributed by atoms with van der Waals surface area (Å²) in [4.78, 5) is 17.0. The third-order valence-corrected chi connectivity index (χ3v) is 4.29. The molecule has 1 saturated carbocycles. The molecule has 4 rings (SSSR count). The van der Waals surface area contributed by atoms with Gasteiger partial charge in [-0.3, -0.25) is 4.79 Å². The predicted octanol–water partition coefficient (Wildman–Crippen LogP) is 3.55. The molecule has 2 N–H and O–H groups in total. The average molecular weight is 361 g/mol. The van der Waals surface area contributed by atoms with E-state index in [4.69, 9.17) is 5.84 Å². The smallest absolute Gasteiger partial charge is 0.406 e. The molecule has 0 unspecified atom stereocenters. The van der Waals surface area contributed by atoms with Crippen molar-refractivity contribution in [1.29, 1.82) is 0 Å². The van der Waals surface area contributed by atoms with Gasteiger partial charge in [-0.15, -0.1) is 13.2 Å². The lowest BCUT2D eigenvalue weighted by Gasteiger charge is -2.11. The maximum atomic E-state index is 12.5. The van der Waals surface area contributed by atoms with Gasteiger partial charge >= 0.3 is 6.36 Å². The molecular formula is C18H14F3N3O2. The molecule has 0 aliphatic heterocycles. The van der Waals surface area contributed by atoms with Crippen molar-refractivity contribution in [1.82, 2.24) is 9.66 Å². The topological polar surface area (TPSA) is 70.1 Å². The summed E-state index contributed by atoms with van der Waals surface area (Å²) < 4.78 is 41.7. The second kappa shape index (κ2) is 5.76. The second-order valence-electron chi connectivity index (χ2n) is 6.22. The largest absolute Gasteiger partial charge is 0.573 e. The number of benzene rings is 2. The maximum Gasteiger partial charge on any atom is 0.573 e. The third-order valence-electron chi connectivity index (χ3n) is 4.29. The highest BCUT2D eigenvalue weighted by atomic mass is 19.4. The molecule has 2 aromatic carbocycles. The fraction of sp³-hybridized carbons (Fsp3) is 0.222. The van der Waals surface area contributed by atoms with Crippen LogP contribution in [0, 0.1) is 0 Å². The Kier molecular flexibility index (Phi) is 3.64. The summed E-state index contributed by atoms with van der Waals surface area (Å²) in [7, 11) is 0. The number of halogens is 3. The van der Waals surface area contributed by atoms with Crippen molar-refractivity contribution < 1.29 is 17.9 Å². The second-order valence-corrected chi connectivity index (χ2v) is 6.22. The summed E-state index contributed by atoms with van der Waals surface area (Å²) in [6, 6.07) is 10.6. The monoisotopic (exact) mass is 361 g/mol. The molecule has 3 aromatic rings. The van der Waals surface area contributed by atoms with Crippen LogP contribution in [-0.4, -0.2) is 16.0 Å². The van der Waals surface area contributed by atoms with Gasteiger partial charge < -0.3 is 10.6 Å². The van der Waals surface area contributed by atoms with Crippen molar-refractivity contribution in [2.75, 3.05) is 5.84 Å². The minimum atomic E-state index is -4.73. The molecule has 1 aliphatic rings. The van der Waals surface area contributed by atoms with Gasteiger partial charge in [-0.2, -0.15) is 0 Å². The van der Waals surface area contributed by atoms with Crippen LogP contribution in [0.1, 0.15) is 24.6 Å². The number of rotatable bonds is 3. The van der Waals surface area contributed by atoms with Crippen molar-refractivity contribution in [2.45, 2.75) is 25.1 Å². The van der Waals surface area contributed by atoms with Crippen LogP contribution in [0.15, 0.2) is 47.3 Å². The highest BCUT2D eigenvalue weighted by Crippen LogP contribution is 2.38. The first-order valence-corrected chi connectivity index (χ1v) is 8.00. The van der Waals surface area contributed by atoms with Gasteiger partial charge in [0, 0.05) is 5.92 Å². The van der Waals surface area contributed by atoms with Crippen LogP contribution >= 0.6 is 0 Å². The van der Waals surface area contributed by atoms with E-state index in [0.717, 1.165) is 17.5 Å². The fourth-order valence-electron chi connectivity index (χ4n) is 2.87. The molecular weight excluding hydrogens is 347 g/mol. The Morgan fingerprint density at radius 2 is 1.73 bits per heavy atom. The lowest BCUT2D eigenvalue weighted by atomic mass is 10.0. The van der Waals surface area contributed by atoms with Crippen molar-refractivity contribution in [2.24, 2.45) is 0 Å². The number of nitrogens with zero attached hydrogens (tertiary/aromatic N) is 2. The minimum Gasteiger partial charge on any atom is -0.406 e. The van der Waals surface area contributed by atoms with Gasteiger partial charge in [-0.05, 0) is 48.2 Å². The number of hydrogen-bond acceptors (Lipinski definition) is 4. The Bertz CT molecular complexity index is 1040. The van der Waals surface area contributed by atoms with Gasteiger partial charge in [0.2, 0.25) is 0 Å². The van der Waals surface area contributed by atoms with Crippen molar-refractivity contribution in [3.05, 3.63) is 58.6 Å². The lowest BCUT2D eigenvalue weighted by Crippen LogP contribution is -2.31. The Labute approximate surface area is 145 Å². The maximum absolute atomic E-state index is 12.5. The number of nitrogens with two attached hydrogens (primary N) is 1. The van der Waals surface area contributed by atoms with Crippen LogP contribution in [0.5, 0.6) is 5.75 Å². The van der Waals surface area contributed by atoms with E-state index in [1.54, 1.807) is 18.2 Å². The normalized spacial score (nSPS) is 14.6. The highest BCUT2D eigenvalue weighted by molar-refractivity contribution is 5.84. The first kappa shape index (κ1) is 16.4. The van der Waals surface area contributed by atoms with E-state index in [-0.39, 0.29) is 17.2 Å². The molecule has 0 atom stereocenters. The number of aromatic nitrogens is 2. The first-order valence-electron chi connectivity index (χ1n) is 8.00. The zero-order chi connectivity index (χ0) is 18.5. The van der Waals surface area contributed by atoms with E-state index in [0.29, 0.717) is 27.9 Å². The van der Waals surface area contributed by atoms with E-state index >= 15 is 0 Å². The van der Waals surface area contributed by atoms with Crippen LogP contribution in [0.4, 0.5) is 13.2 Å². The fourth-order valence-corrected chi connectivity index (χ4v) is 2.87. The molecule has 0 bridgehead atoms.